The highest BCUT2D eigenvalue weighted by Gasteiger charge is 2.30. The van der Waals surface area contributed by atoms with Crippen molar-refractivity contribution in [2.75, 3.05) is 5.73 Å². The molecule has 0 saturated carbocycles. The molecule has 0 aliphatic heterocycles. The van der Waals surface area contributed by atoms with E-state index in [9.17, 15) is 13.2 Å². The fourth-order valence-electron chi connectivity index (χ4n) is 2.12. The molecular weight excluding hydrogens is 343 g/mol. The van der Waals surface area contributed by atoms with Crippen molar-refractivity contribution in [1.82, 2.24) is 9.55 Å². The zero-order valence-electron chi connectivity index (χ0n) is 12.1. The van der Waals surface area contributed by atoms with Crippen LogP contribution in [0, 0.1) is 0 Å². The molecule has 124 valence electrons. The first kappa shape index (κ1) is 16.2. The number of anilines is 1. The summed E-state index contributed by atoms with van der Waals surface area (Å²) in [5.74, 6) is -0.281. The van der Waals surface area contributed by atoms with Gasteiger partial charge in [-0.05, 0) is 42.5 Å². The van der Waals surface area contributed by atoms with Crippen LogP contribution in [-0.2, 0) is 0 Å². The summed E-state index contributed by atoms with van der Waals surface area (Å²) in [6.45, 7) is 0. The minimum absolute atomic E-state index is 0.281. The number of alkyl halides is 3. The lowest BCUT2D eigenvalue weighted by Gasteiger charge is -2.08. The van der Waals surface area contributed by atoms with Crippen molar-refractivity contribution in [1.29, 1.82) is 0 Å². The molecule has 1 aromatic heterocycles. The molecular formula is C16H11ClF3N3O. The van der Waals surface area contributed by atoms with Gasteiger partial charge in [-0.1, -0.05) is 11.6 Å². The Labute approximate surface area is 140 Å². The SMILES string of the molecule is Nc1ccc(-n2cnc(-c3ccc(OC(F)(F)F)cc3)c2)cc1Cl. The maximum absolute atomic E-state index is 12.2. The number of nitrogens with two attached hydrogens (primary N) is 1. The van der Waals surface area contributed by atoms with Crippen LogP contribution in [0.4, 0.5) is 18.9 Å². The second kappa shape index (κ2) is 6.09. The molecule has 3 rings (SSSR count). The molecule has 2 aromatic carbocycles. The highest BCUT2D eigenvalue weighted by molar-refractivity contribution is 6.33. The third kappa shape index (κ3) is 3.62. The molecule has 0 spiro atoms. The first-order valence-corrected chi connectivity index (χ1v) is 7.15. The molecule has 0 radical (unpaired) electrons. The van der Waals surface area contributed by atoms with Crippen molar-refractivity contribution in [3.8, 4) is 22.7 Å². The van der Waals surface area contributed by atoms with Gasteiger partial charge in [0.25, 0.3) is 0 Å². The van der Waals surface area contributed by atoms with Gasteiger partial charge in [-0.15, -0.1) is 13.2 Å². The Morgan fingerprint density at radius 1 is 1.08 bits per heavy atom. The van der Waals surface area contributed by atoms with Crippen molar-refractivity contribution in [2.24, 2.45) is 0 Å². The molecule has 0 bridgehead atoms. The molecule has 0 aliphatic carbocycles. The van der Waals surface area contributed by atoms with Crippen LogP contribution in [-0.4, -0.2) is 15.9 Å². The van der Waals surface area contributed by atoms with Crippen LogP contribution in [0.2, 0.25) is 5.02 Å². The van der Waals surface area contributed by atoms with E-state index in [1.165, 1.54) is 24.3 Å². The Balaban J connectivity index is 1.84. The van der Waals surface area contributed by atoms with Gasteiger partial charge in [-0.25, -0.2) is 4.98 Å². The van der Waals surface area contributed by atoms with Gasteiger partial charge < -0.3 is 15.0 Å². The van der Waals surface area contributed by atoms with E-state index in [-0.39, 0.29) is 5.75 Å². The fourth-order valence-corrected chi connectivity index (χ4v) is 2.29. The molecule has 0 saturated heterocycles. The van der Waals surface area contributed by atoms with Crippen LogP contribution < -0.4 is 10.5 Å². The van der Waals surface area contributed by atoms with Crippen molar-refractivity contribution in [3.05, 3.63) is 60.0 Å². The first-order valence-electron chi connectivity index (χ1n) is 6.77. The lowest BCUT2D eigenvalue weighted by molar-refractivity contribution is -0.274. The van der Waals surface area contributed by atoms with Gasteiger partial charge in [0.05, 0.1) is 22.7 Å². The smallest absolute Gasteiger partial charge is 0.406 e. The number of ether oxygens (including phenoxy) is 1. The van der Waals surface area contributed by atoms with Crippen molar-refractivity contribution >= 4 is 17.3 Å². The Kier molecular flexibility index (Phi) is 4.11. The average molecular weight is 354 g/mol. The number of hydrogen-bond donors (Lipinski definition) is 1. The van der Waals surface area contributed by atoms with Crippen LogP contribution in [0.25, 0.3) is 16.9 Å². The predicted octanol–water partition coefficient (Wildman–Crippen LogP) is 4.67. The molecule has 0 fully saturated rings. The topological polar surface area (TPSA) is 53.1 Å². The van der Waals surface area contributed by atoms with E-state index in [0.29, 0.717) is 22.0 Å². The fraction of sp³-hybridized carbons (Fsp3) is 0.0625. The second-order valence-corrected chi connectivity index (χ2v) is 5.35. The predicted molar refractivity (Wildman–Crippen MR) is 85.1 cm³/mol. The van der Waals surface area contributed by atoms with Crippen molar-refractivity contribution in [2.45, 2.75) is 6.36 Å². The van der Waals surface area contributed by atoms with Gasteiger partial charge in [0, 0.05) is 17.4 Å². The molecule has 3 aromatic rings. The minimum Gasteiger partial charge on any atom is -0.406 e. The monoisotopic (exact) mass is 353 g/mol. The number of halogens is 4. The largest absolute Gasteiger partial charge is 0.573 e. The Bertz CT molecular complexity index is 860. The molecule has 0 amide bonds. The van der Waals surface area contributed by atoms with Crippen molar-refractivity contribution in [3.63, 3.8) is 0 Å². The number of hydrogen-bond acceptors (Lipinski definition) is 3. The normalized spacial score (nSPS) is 11.5. The zero-order chi connectivity index (χ0) is 17.3. The van der Waals surface area contributed by atoms with Gasteiger partial charge in [0.2, 0.25) is 0 Å². The summed E-state index contributed by atoms with van der Waals surface area (Å²) in [5, 5.41) is 0.427. The minimum atomic E-state index is -4.71. The molecule has 8 heteroatoms. The zero-order valence-corrected chi connectivity index (χ0v) is 12.8. The molecule has 24 heavy (non-hydrogen) atoms. The highest BCUT2D eigenvalue weighted by atomic mass is 35.5. The Morgan fingerprint density at radius 2 is 1.79 bits per heavy atom. The van der Waals surface area contributed by atoms with E-state index >= 15 is 0 Å². The van der Waals surface area contributed by atoms with Crippen LogP contribution in [0.5, 0.6) is 5.75 Å². The van der Waals surface area contributed by atoms with Gasteiger partial charge in [0.1, 0.15) is 5.75 Å². The Hall–Kier alpha value is -2.67. The summed E-state index contributed by atoms with van der Waals surface area (Å²) in [5.41, 5.74) is 8.17. The molecule has 0 unspecified atom stereocenters. The summed E-state index contributed by atoms with van der Waals surface area (Å²) in [7, 11) is 0. The standard InChI is InChI=1S/C16H11ClF3N3O/c17-13-7-11(3-6-14(13)21)23-8-15(22-9-23)10-1-4-12(5-2-10)24-16(18,19)20/h1-9H,21H2. The van der Waals surface area contributed by atoms with E-state index in [4.69, 9.17) is 17.3 Å². The van der Waals surface area contributed by atoms with Crippen LogP contribution in [0.3, 0.4) is 0 Å². The number of benzene rings is 2. The lowest BCUT2D eigenvalue weighted by atomic mass is 10.1. The first-order chi connectivity index (χ1) is 11.3. The number of rotatable bonds is 3. The van der Waals surface area contributed by atoms with E-state index in [1.807, 2.05) is 0 Å². The maximum atomic E-state index is 12.2. The van der Waals surface area contributed by atoms with Crippen LogP contribution in [0.1, 0.15) is 0 Å². The van der Waals surface area contributed by atoms with E-state index < -0.39 is 6.36 Å². The molecule has 1 heterocycles. The maximum Gasteiger partial charge on any atom is 0.573 e. The van der Waals surface area contributed by atoms with E-state index in [0.717, 1.165) is 5.69 Å². The third-order valence-electron chi connectivity index (χ3n) is 3.25. The number of nitrogen functional groups attached to an aromatic ring is 1. The van der Waals surface area contributed by atoms with Gasteiger partial charge in [-0.2, -0.15) is 0 Å². The van der Waals surface area contributed by atoms with E-state index in [1.54, 1.807) is 35.3 Å². The van der Waals surface area contributed by atoms with Gasteiger partial charge in [0.15, 0.2) is 0 Å². The van der Waals surface area contributed by atoms with Crippen LogP contribution in [0.15, 0.2) is 55.0 Å². The van der Waals surface area contributed by atoms with Crippen LogP contribution >= 0.6 is 11.6 Å². The third-order valence-corrected chi connectivity index (χ3v) is 3.58. The molecule has 0 atom stereocenters. The summed E-state index contributed by atoms with van der Waals surface area (Å²) in [4.78, 5) is 4.24. The van der Waals surface area contributed by atoms with Gasteiger partial charge >= 0.3 is 6.36 Å². The summed E-state index contributed by atoms with van der Waals surface area (Å²) in [6.07, 6.45) is -1.39. The molecule has 2 N–H and O–H groups in total. The van der Waals surface area contributed by atoms with Gasteiger partial charge in [-0.3, -0.25) is 0 Å². The number of nitrogens with zero attached hydrogens (tertiary/aromatic N) is 2. The van der Waals surface area contributed by atoms with E-state index in [2.05, 4.69) is 9.72 Å². The quantitative estimate of drug-likeness (QED) is 0.696. The number of imidazole rings is 1. The lowest BCUT2D eigenvalue weighted by Crippen LogP contribution is -2.16. The summed E-state index contributed by atoms with van der Waals surface area (Å²) in [6, 6.07) is 10.6. The molecule has 4 nitrogen and oxygen atoms in total. The average Bonchev–Trinajstić information content (AvgIpc) is 2.99. The second-order valence-electron chi connectivity index (χ2n) is 4.94. The Morgan fingerprint density at radius 3 is 2.42 bits per heavy atom. The van der Waals surface area contributed by atoms with Crippen molar-refractivity contribution < 1.29 is 17.9 Å². The number of aromatic nitrogens is 2. The summed E-state index contributed by atoms with van der Waals surface area (Å²) < 4.78 is 42.1. The summed E-state index contributed by atoms with van der Waals surface area (Å²) >= 11 is 5.99. The highest BCUT2D eigenvalue weighted by Crippen LogP contribution is 2.27. The molecule has 0 aliphatic rings.